The van der Waals surface area contributed by atoms with Crippen molar-refractivity contribution in [3.8, 4) is 0 Å². The second-order valence-corrected chi connectivity index (χ2v) is 12.7. The van der Waals surface area contributed by atoms with Crippen molar-refractivity contribution in [2.45, 2.75) is 76.4 Å². The molecule has 1 amide bonds. The number of carbonyl (C=O) groups excluding carboxylic acids is 1. The first kappa shape index (κ1) is 26.8. The molecule has 4 rings (SSSR count). The summed E-state index contributed by atoms with van der Waals surface area (Å²) in [6.07, 6.45) is 7.83. The van der Waals surface area contributed by atoms with E-state index in [1.165, 1.54) is 37.8 Å². The number of pyridine rings is 1. The van der Waals surface area contributed by atoms with Crippen LogP contribution in [0.2, 0.25) is 0 Å². The minimum absolute atomic E-state index is 0.0218. The summed E-state index contributed by atoms with van der Waals surface area (Å²) in [4.78, 5) is 20.5. The van der Waals surface area contributed by atoms with Gasteiger partial charge in [0, 0.05) is 19.3 Å². The Morgan fingerprint density at radius 3 is 2.47 bits per heavy atom. The van der Waals surface area contributed by atoms with Gasteiger partial charge in [0.2, 0.25) is 0 Å². The largest absolute Gasteiger partial charge is 0.394 e. The number of carbonyl (C=O) groups is 1. The van der Waals surface area contributed by atoms with Gasteiger partial charge in [0.25, 0.3) is 5.91 Å². The molecule has 2 heterocycles. The second kappa shape index (κ2) is 11.4. The third kappa shape index (κ3) is 5.82. The zero-order valence-electron chi connectivity index (χ0n) is 21.6. The summed E-state index contributed by atoms with van der Waals surface area (Å²) in [5.41, 5.74) is 3.30. The highest BCUT2D eigenvalue weighted by Crippen LogP contribution is 2.38. The first-order valence-corrected chi connectivity index (χ1v) is 14.9. The van der Waals surface area contributed by atoms with Crippen LogP contribution in [0.4, 0.5) is 0 Å². The van der Waals surface area contributed by atoms with Crippen LogP contribution in [0.15, 0.2) is 41.4 Å². The Morgan fingerprint density at radius 1 is 1.17 bits per heavy atom. The van der Waals surface area contributed by atoms with Gasteiger partial charge in [-0.05, 0) is 60.4 Å². The smallest absolute Gasteiger partial charge is 0.253 e. The molecule has 2 N–H and O–H groups in total. The van der Waals surface area contributed by atoms with E-state index in [0.717, 1.165) is 42.6 Å². The molecule has 2 aromatic rings. The van der Waals surface area contributed by atoms with Gasteiger partial charge in [0.1, 0.15) is 0 Å². The molecule has 2 atom stereocenters. The lowest BCUT2D eigenvalue weighted by Gasteiger charge is -2.32. The predicted molar refractivity (Wildman–Crippen MR) is 140 cm³/mol. The Balaban J connectivity index is 1.44. The van der Waals surface area contributed by atoms with Gasteiger partial charge >= 0.3 is 0 Å². The molecule has 0 spiro atoms. The van der Waals surface area contributed by atoms with Crippen molar-refractivity contribution >= 4 is 15.7 Å². The molecule has 0 saturated heterocycles. The van der Waals surface area contributed by atoms with Gasteiger partial charge in [-0.25, -0.2) is 8.42 Å². The fraction of sp³-hybridized carbons (Fsp3) is 0.571. The number of aliphatic hydroxyl groups excluding tert-OH is 1. The maximum atomic E-state index is 13.1. The summed E-state index contributed by atoms with van der Waals surface area (Å²) in [7, 11) is -3.30. The van der Waals surface area contributed by atoms with Crippen LogP contribution in [0.1, 0.15) is 92.1 Å². The lowest BCUT2D eigenvalue weighted by Crippen LogP contribution is -2.31. The average Bonchev–Trinajstić information content (AvgIpc) is 3.24. The van der Waals surface area contributed by atoms with E-state index in [-0.39, 0.29) is 23.2 Å². The molecule has 0 radical (unpaired) electrons. The number of sulfone groups is 1. The van der Waals surface area contributed by atoms with Gasteiger partial charge in [-0.2, -0.15) is 0 Å². The van der Waals surface area contributed by atoms with Crippen molar-refractivity contribution in [1.29, 1.82) is 0 Å². The van der Waals surface area contributed by atoms with Crippen LogP contribution in [0.3, 0.4) is 0 Å². The van der Waals surface area contributed by atoms with E-state index in [9.17, 15) is 18.3 Å². The average molecular weight is 514 g/mol. The zero-order valence-corrected chi connectivity index (χ0v) is 22.4. The Kier molecular flexibility index (Phi) is 8.48. The molecular weight excluding hydrogens is 474 g/mol. The van der Waals surface area contributed by atoms with Crippen molar-refractivity contribution in [2.24, 2.45) is 11.8 Å². The molecule has 1 fully saturated rings. The van der Waals surface area contributed by atoms with Gasteiger partial charge < -0.3 is 10.4 Å². The first-order valence-electron chi connectivity index (χ1n) is 13.2. The lowest BCUT2D eigenvalue weighted by atomic mass is 9.82. The van der Waals surface area contributed by atoms with Crippen molar-refractivity contribution < 1.29 is 18.3 Å². The van der Waals surface area contributed by atoms with Gasteiger partial charge in [-0.15, -0.1) is 0 Å². The minimum Gasteiger partial charge on any atom is -0.394 e. The van der Waals surface area contributed by atoms with E-state index < -0.39 is 15.9 Å². The highest BCUT2D eigenvalue weighted by atomic mass is 32.2. The SMILES string of the molecule is CC[C@H]1c2ncc(C(=O)N[C@@H](CO)c3ccc(S(=O)(=O)CC)cc3)cc2CN1C[C@H]1CC[C@H](C)CC1. The number of hydrogen-bond acceptors (Lipinski definition) is 6. The topological polar surface area (TPSA) is 99.6 Å². The van der Waals surface area contributed by atoms with Crippen LogP contribution in [-0.4, -0.2) is 48.2 Å². The Bertz CT molecular complexity index is 1160. The maximum absolute atomic E-state index is 13.1. The van der Waals surface area contributed by atoms with E-state index in [4.69, 9.17) is 4.98 Å². The van der Waals surface area contributed by atoms with Crippen molar-refractivity contribution in [1.82, 2.24) is 15.2 Å². The quantitative estimate of drug-likeness (QED) is 0.515. The number of nitrogens with one attached hydrogen (secondary N) is 1. The fourth-order valence-corrected chi connectivity index (χ4v) is 6.49. The summed E-state index contributed by atoms with van der Waals surface area (Å²) in [6, 6.07) is 7.91. The normalized spacial score (nSPS) is 23.3. The molecule has 1 aliphatic heterocycles. The third-order valence-corrected chi connectivity index (χ3v) is 9.67. The van der Waals surface area contributed by atoms with Crippen molar-refractivity contribution in [2.75, 3.05) is 18.9 Å². The highest BCUT2D eigenvalue weighted by Gasteiger charge is 2.33. The predicted octanol–water partition coefficient (Wildman–Crippen LogP) is 4.43. The van der Waals surface area contributed by atoms with E-state index in [1.807, 2.05) is 6.07 Å². The number of rotatable bonds is 9. The zero-order chi connectivity index (χ0) is 25.9. The summed E-state index contributed by atoms with van der Waals surface area (Å²) >= 11 is 0. The van der Waals surface area contributed by atoms with Crippen LogP contribution < -0.4 is 5.32 Å². The van der Waals surface area contributed by atoms with E-state index >= 15 is 0 Å². The fourth-order valence-electron chi connectivity index (χ4n) is 5.61. The molecule has 2 aliphatic rings. The number of fused-ring (bicyclic) bond motifs is 1. The van der Waals surface area contributed by atoms with E-state index in [1.54, 1.807) is 25.3 Å². The molecule has 1 saturated carbocycles. The molecule has 1 aromatic heterocycles. The van der Waals surface area contributed by atoms with Gasteiger partial charge in [0.15, 0.2) is 9.84 Å². The number of amides is 1. The second-order valence-electron chi connectivity index (χ2n) is 10.4. The van der Waals surface area contributed by atoms with Gasteiger partial charge in [-0.1, -0.05) is 45.7 Å². The molecule has 0 unspecified atom stereocenters. The molecule has 0 bridgehead atoms. The third-order valence-electron chi connectivity index (χ3n) is 7.92. The molecule has 8 heteroatoms. The summed E-state index contributed by atoms with van der Waals surface area (Å²) in [5, 5.41) is 12.8. The number of nitrogens with zero attached hydrogens (tertiary/aromatic N) is 2. The van der Waals surface area contributed by atoms with Crippen LogP contribution >= 0.6 is 0 Å². The number of benzene rings is 1. The molecule has 1 aromatic carbocycles. The summed E-state index contributed by atoms with van der Waals surface area (Å²) in [5.74, 6) is 1.29. The Labute approximate surface area is 215 Å². The number of aliphatic hydroxyl groups is 1. The van der Waals surface area contributed by atoms with E-state index in [2.05, 4.69) is 24.1 Å². The Hall–Kier alpha value is -2.29. The lowest BCUT2D eigenvalue weighted by molar-refractivity contribution is 0.0915. The molecular formula is C28H39N3O4S. The van der Waals surface area contributed by atoms with Crippen LogP contribution in [0.5, 0.6) is 0 Å². The van der Waals surface area contributed by atoms with Crippen LogP contribution in [0, 0.1) is 11.8 Å². The van der Waals surface area contributed by atoms with Crippen LogP contribution in [-0.2, 0) is 16.4 Å². The van der Waals surface area contributed by atoms with Gasteiger partial charge in [-0.3, -0.25) is 14.7 Å². The molecule has 196 valence electrons. The molecule has 36 heavy (non-hydrogen) atoms. The number of hydrogen-bond donors (Lipinski definition) is 2. The summed E-state index contributed by atoms with van der Waals surface area (Å²) in [6.45, 7) is 7.74. The van der Waals surface area contributed by atoms with Crippen molar-refractivity contribution in [3.05, 3.63) is 58.9 Å². The standard InChI is InChI=1S/C28H39N3O4S/c1-4-26-27-23(17-31(26)16-20-8-6-19(3)7-9-20)14-22(15-29-27)28(33)30-25(18-32)21-10-12-24(13-11-21)36(34,35)5-2/h10-15,19-20,25-26,32H,4-9,16-18H2,1-3H3,(H,30,33)/t19-,20-,25-,26-/m0/s1. The van der Waals surface area contributed by atoms with Crippen molar-refractivity contribution in [3.63, 3.8) is 0 Å². The molecule has 1 aliphatic carbocycles. The maximum Gasteiger partial charge on any atom is 0.253 e. The first-order chi connectivity index (χ1) is 17.2. The highest BCUT2D eigenvalue weighted by molar-refractivity contribution is 7.91. The van der Waals surface area contributed by atoms with E-state index in [0.29, 0.717) is 17.2 Å². The summed E-state index contributed by atoms with van der Waals surface area (Å²) < 4.78 is 24.1. The van der Waals surface area contributed by atoms with Gasteiger partial charge in [0.05, 0.1) is 40.6 Å². The Morgan fingerprint density at radius 2 is 1.86 bits per heavy atom. The minimum atomic E-state index is -3.30. The monoisotopic (exact) mass is 513 g/mol. The number of aromatic nitrogens is 1. The van der Waals surface area contributed by atoms with Crippen LogP contribution in [0.25, 0.3) is 0 Å². The molecule has 7 nitrogen and oxygen atoms in total.